The van der Waals surface area contributed by atoms with E-state index in [1.165, 1.54) is 0 Å². The lowest BCUT2D eigenvalue weighted by atomic mass is 9.71. The van der Waals surface area contributed by atoms with E-state index in [1.807, 2.05) is 0 Å². The molecule has 1 unspecified atom stereocenters. The van der Waals surface area contributed by atoms with Crippen LogP contribution in [0, 0.1) is 5.41 Å². The first-order chi connectivity index (χ1) is 6.11. The summed E-state index contributed by atoms with van der Waals surface area (Å²) in [7, 11) is 0. The Bertz CT molecular complexity index is 188. The first-order valence-corrected chi connectivity index (χ1v) is 5.18. The SMILES string of the molecule is NC1(C(F)F)CCCC12CCCC2. The molecule has 2 fully saturated rings. The molecule has 1 spiro atoms. The third kappa shape index (κ3) is 1.13. The van der Waals surface area contributed by atoms with E-state index in [0.717, 1.165) is 38.5 Å². The van der Waals surface area contributed by atoms with Crippen molar-refractivity contribution < 1.29 is 8.78 Å². The molecule has 76 valence electrons. The normalized spacial score (nSPS) is 37.8. The second-order valence-corrected chi connectivity index (χ2v) is 4.68. The van der Waals surface area contributed by atoms with E-state index in [1.54, 1.807) is 0 Å². The number of hydrogen-bond donors (Lipinski definition) is 1. The van der Waals surface area contributed by atoms with Gasteiger partial charge in [-0.2, -0.15) is 0 Å². The Morgan fingerprint density at radius 1 is 0.923 bits per heavy atom. The molecule has 13 heavy (non-hydrogen) atoms. The molecule has 0 bridgehead atoms. The highest BCUT2D eigenvalue weighted by Gasteiger charge is 2.58. The number of halogens is 2. The number of nitrogens with two attached hydrogens (primary N) is 1. The van der Waals surface area contributed by atoms with Crippen LogP contribution in [0.5, 0.6) is 0 Å². The fraction of sp³-hybridized carbons (Fsp3) is 1.00. The zero-order valence-electron chi connectivity index (χ0n) is 7.86. The zero-order valence-corrected chi connectivity index (χ0v) is 7.86. The largest absolute Gasteiger partial charge is 0.320 e. The second-order valence-electron chi connectivity index (χ2n) is 4.68. The van der Waals surface area contributed by atoms with Gasteiger partial charge in [0.15, 0.2) is 0 Å². The summed E-state index contributed by atoms with van der Waals surface area (Å²) in [5.41, 5.74) is 4.52. The summed E-state index contributed by atoms with van der Waals surface area (Å²) in [6.45, 7) is 0. The van der Waals surface area contributed by atoms with Crippen molar-refractivity contribution in [2.75, 3.05) is 0 Å². The molecular weight excluding hydrogens is 172 g/mol. The molecule has 2 N–H and O–H groups in total. The van der Waals surface area contributed by atoms with E-state index in [9.17, 15) is 8.78 Å². The third-order valence-electron chi connectivity index (χ3n) is 4.18. The van der Waals surface area contributed by atoms with Crippen molar-refractivity contribution in [2.24, 2.45) is 11.1 Å². The highest BCUT2D eigenvalue weighted by atomic mass is 19.3. The van der Waals surface area contributed by atoms with Crippen LogP contribution in [0.25, 0.3) is 0 Å². The van der Waals surface area contributed by atoms with Crippen molar-refractivity contribution >= 4 is 0 Å². The summed E-state index contributed by atoms with van der Waals surface area (Å²) < 4.78 is 25.8. The summed E-state index contributed by atoms with van der Waals surface area (Å²) in [6.07, 6.45) is 4.02. The molecule has 0 aromatic carbocycles. The Balaban J connectivity index is 2.26. The van der Waals surface area contributed by atoms with Crippen LogP contribution in [0.2, 0.25) is 0 Å². The first-order valence-electron chi connectivity index (χ1n) is 5.18. The lowest BCUT2D eigenvalue weighted by Crippen LogP contribution is -2.56. The zero-order chi connectivity index (χ0) is 9.53. The molecule has 0 aliphatic heterocycles. The van der Waals surface area contributed by atoms with Crippen LogP contribution in [-0.2, 0) is 0 Å². The molecule has 0 heterocycles. The van der Waals surface area contributed by atoms with Crippen molar-refractivity contribution in [3.05, 3.63) is 0 Å². The van der Waals surface area contributed by atoms with Crippen molar-refractivity contribution in [3.63, 3.8) is 0 Å². The molecule has 0 aromatic rings. The summed E-state index contributed by atoms with van der Waals surface area (Å²) in [5, 5.41) is 0. The van der Waals surface area contributed by atoms with Crippen LogP contribution in [-0.4, -0.2) is 12.0 Å². The van der Waals surface area contributed by atoms with E-state index in [0.29, 0.717) is 6.42 Å². The Kier molecular flexibility index (Phi) is 2.10. The van der Waals surface area contributed by atoms with Crippen LogP contribution in [0.3, 0.4) is 0 Å². The quantitative estimate of drug-likeness (QED) is 0.674. The predicted octanol–water partition coefficient (Wildman–Crippen LogP) is 2.69. The van der Waals surface area contributed by atoms with Gasteiger partial charge in [0, 0.05) is 0 Å². The van der Waals surface area contributed by atoms with Gasteiger partial charge in [-0.25, -0.2) is 8.78 Å². The van der Waals surface area contributed by atoms with Crippen molar-refractivity contribution in [3.8, 4) is 0 Å². The minimum atomic E-state index is -2.34. The standard InChI is InChI=1S/C10H17F2N/c11-8(12)10(13)7-3-6-9(10)4-1-2-5-9/h8H,1-7,13H2. The van der Waals surface area contributed by atoms with Gasteiger partial charge >= 0.3 is 0 Å². The van der Waals surface area contributed by atoms with E-state index in [2.05, 4.69) is 0 Å². The van der Waals surface area contributed by atoms with Gasteiger partial charge in [-0.3, -0.25) is 0 Å². The fourth-order valence-electron chi connectivity index (χ4n) is 3.32. The van der Waals surface area contributed by atoms with E-state index in [4.69, 9.17) is 5.73 Å². The number of hydrogen-bond acceptors (Lipinski definition) is 1. The summed E-state index contributed by atoms with van der Waals surface area (Å²) in [5.74, 6) is 0. The topological polar surface area (TPSA) is 26.0 Å². The number of rotatable bonds is 1. The molecular formula is C10H17F2N. The Morgan fingerprint density at radius 2 is 1.46 bits per heavy atom. The molecule has 2 rings (SSSR count). The maximum atomic E-state index is 12.9. The monoisotopic (exact) mass is 189 g/mol. The molecule has 3 heteroatoms. The van der Waals surface area contributed by atoms with Gasteiger partial charge in [0.1, 0.15) is 0 Å². The maximum Gasteiger partial charge on any atom is 0.256 e. The second kappa shape index (κ2) is 2.91. The van der Waals surface area contributed by atoms with Crippen LogP contribution in [0.1, 0.15) is 44.9 Å². The Labute approximate surface area is 77.7 Å². The van der Waals surface area contributed by atoms with Gasteiger partial charge < -0.3 is 5.73 Å². The smallest absolute Gasteiger partial charge is 0.256 e. The van der Waals surface area contributed by atoms with Gasteiger partial charge in [-0.05, 0) is 31.1 Å². The molecule has 2 saturated carbocycles. The van der Waals surface area contributed by atoms with Crippen molar-refractivity contribution in [1.82, 2.24) is 0 Å². The van der Waals surface area contributed by atoms with Crippen LogP contribution in [0.4, 0.5) is 8.78 Å². The minimum Gasteiger partial charge on any atom is -0.320 e. The minimum absolute atomic E-state index is 0.207. The van der Waals surface area contributed by atoms with Gasteiger partial charge in [0.05, 0.1) is 5.54 Å². The summed E-state index contributed by atoms with van der Waals surface area (Å²) >= 11 is 0. The van der Waals surface area contributed by atoms with Crippen LogP contribution < -0.4 is 5.73 Å². The van der Waals surface area contributed by atoms with Crippen molar-refractivity contribution in [1.29, 1.82) is 0 Å². The van der Waals surface area contributed by atoms with E-state index in [-0.39, 0.29) is 5.41 Å². The van der Waals surface area contributed by atoms with Crippen LogP contribution in [0.15, 0.2) is 0 Å². The van der Waals surface area contributed by atoms with E-state index >= 15 is 0 Å². The fourth-order valence-corrected chi connectivity index (χ4v) is 3.32. The van der Waals surface area contributed by atoms with Gasteiger partial charge in [-0.15, -0.1) is 0 Å². The lowest BCUT2D eigenvalue weighted by molar-refractivity contribution is -0.0125. The maximum absolute atomic E-state index is 12.9. The Morgan fingerprint density at radius 3 is 2.00 bits per heavy atom. The molecule has 0 radical (unpaired) electrons. The van der Waals surface area contributed by atoms with Crippen molar-refractivity contribution in [2.45, 2.75) is 56.9 Å². The average molecular weight is 189 g/mol. The molecule has 1 atom stereocenters. The van der Waals surface area contributed by atoms with Gasteiger partial charge in [0.2, 0.25) is 0 Å². The molecule has 2 aliphatic rings. The number of alkyl halides is 2. The highest BCUT2D eigenvalue weighted by Crippen LogP contribution is 2.57. The highest BCUT2D eigenvalue weighted by molar-refractivity contribution is 5.10. The summed E-state index contributed by atoms with van der Waals surface area (Å²) in [4.78, 5) is 0. The predicted molar refractivity (Wildman–Crippen MR) is 47.7 cm³/mol. The average Bonchev–Trinajstić information content (AvgIpc) is 2.64. The summed E-state index contributed by atoms with van der Waals surface area (Å²) in [6, 6.07) is 0. The third-order valence-corrected chi connectivity index (χ3v) is 4.18. The van der Waals surface area contributed by atoms with Gasteiger partial charge in [-0.1, -0.05) is 19.3 Å². The molecule has 0 amide bonds. The van der Waals surface area contributed by atoms with Crippen LogP contribution >= 0.6 is 0 Å². The van der Waals surface area contributed by atoms with E-state index < -0.39 is 12.0 Å². The van der Waals surface area contributed by atoms with Gasteiger partial charge in [0.25, 0.3) is 6.43 Å². The molecule has 0 aromatic heterocycles. The molecule has 2 aliphatic carbocycles. The first kappa shape index (κ1) is 9.38. The molecule has 1 nitrogen and oxygen atoms in total. The lowest BCUT2D eigenvalue weighted by Gasteiger charge is -2.40. The molecule has 0 saturated heterocycles. The Hall–Kier alpha value is -0.180.